The van der Waals surface area contributed by atoms with Crippen LogP contribution < -0.4 is 10.6 Å². The molecule has 0 aliphatic heterocycles. The van der Waals surface area contributed by atoms with Crippen LogP contribution in [-0.2, 0) is 24.5 Å². The molecule has 0 amide bonds. The lowest BCUT2D eigenvalue weighted by atomic mass is 10.2. The maximum absolute atomic E-state index is 12.9. The van der Waals surface area contributed by atoms with E-state index in [1.807, 2.05) is 6.92 Å². The van der Waals surface area contributed by atoms with Crippen LogP contribution in [0.3, 0.4) is 0 Å². The van der Waals surface area contributed by atoms with Crippen molar-refractivity contribution in [3.63, 3.8) is 0 Å². The molecule has 0 aromatic carbocycles. The van der Waals surface area contributed by atoms with Gasteiger partial charge in [0.1, 0.15) is 0 Å². The number of nitrogens with one attached hydrogen (secondary N) is 2. The Morgan fingerprint density at radius 3 is 2.68 bits per heavy atom. The number of halogens is 3. The van der Waals surface area contributed by atoms with Gasteiger partial charge in [0.2, 0.25) is 0 Å². The summed E-state index contributed by atoms with van der Waals surface area (Å²) in [5.74, 6) is 0.970. The standard InChI is InChI=1S/C16H28F3N5O/c1-5-20-15(21-7-6-8-25-11-12(2)3)22-9-13-10-24(4)23-14(13)16(17,18)19/h10,12H,5-9,11H2,1-4H3,(H2,20,21,22). The molecule has 1 rings (SSSR count). The smallest absolute Gasteiger partial charge is 0.381 e. The molecule has 1 aromatic heterocycles. The van der Waals surface area contributed by atoms with E-state index in [4.69, 9.17) is 4.74 Å². The molecule has 9 heteroatoms. The Morgan fingerprint density at radius 2 is 2.08 bits per heavy atom. The molecule has 0 saturated heterocycles. The lowest BCUT2D eigenvalue weighted by Crippen LogP contribution is -2.38. The van der Waals surface area contributed by atoms with Gasteiger partial charge in [-0.1, -0.05) is 13.8 Å². The van der Waals surface area contributed by atoms with Gasteiger partial charge in [0.15, 0.2) is 11.7 Å². The quantitative estimate of drug-likeness (QED) is 0.402. The third-order valence-corrected chi connectivity index (χ3v) is 3.13. The van der Waals surface area contributed by atoms with E-state index in [-0.39, 0.29) is 12.1 Å². The van der Waals surface area contributed by atoms with Crippen molar-refractivity contribution < 1.29 is 17.9 Å². The second-order valence-corrected chi connectivity index (χ2v) is 6.12. The number of guanidine groups is 1. The molecule has 0 bridgehead atoms. The van der Waals surface area contributed by atoms with Crippen molar-refractivity contribution in [3.05, 3.63) is 17.5 Å². The van der Waals surface area contributed by atoms with Crippen LogP contribution >= 0.6 is 0 Å². The Balaban J connectivity index is 2.56. The van der Waals surface area contributed by atoms with Crippen molar-refractivity contribution in [2.45, 2.75) is 39.9 Å². The molecule has 1 aromatic rings. The fourth-order valence-corrected chi connectivity index (χ4v) is 2.10. The topological polar surface area (TPSA) is 63.5 Å². The van der Waals surface area contributed by atoms with Gasteiger partial charge < -0.3 is 15.4 Å². The first-order valence-corrected chi connectivity index (χ1v) is 8.43. The number of nitrogens with zero attached hydrogens (tertiary/aromatic N) is 3. The molecular weight excluding hydrogens is 335 g/mol. The molecule has 1 heterocycles. The molecule has 0 spiro atoms. The lowest BCUT2D eigenvalue weighted by molar-refractivity contribution is -0.142. The van der Waals surface area contributed by atoms with E-state index < -0.39 is 11.9 Å². The first kappa shape index (κ1) is 21.3. The Morgan fingerprint density at radius 1 is 1.36 bits per heavy atom. The molecule has 0 fully saturated rings. The van der Waals surface area contributed by atoms with Gasteiger partial charge in [-0.3, -0.25) is 4.68 Å². The number of hydrogen-bond acceptors (Lipinski definition) is 3. The minimum atomic E-state index is -4.48. The Bertz CT molecular complexity index is 540. The van der Waals surface area contributed by atoms with E-state index in [9.17, 15) is 13.2 Å². The van der Waals surface area contributed by atoms with E-state index >= 15 is 0 Å². The van der Waals surface area contributed by atoms with Gasteiger partial charge in [-0.2, -0.15) is 18.3 Å². The number of aliphatic imine (C=N–C) groups is 1. The average molecular weight is 363 g/mol. The third kappa shape index (κ3) is 8.24. The van der Waals surface area contributed by atoms with Crippen LogP contribution in [0.15, 0.2) is 11.2 Å². The van der Waals surface area contributed by atoms with E-state index in [1.54, 1.807) is 0 Å². The Kier molecular flexibility index (Phi) is 8.74. The summed E-state index contributed by atoms with van der Waals surface area (Å²) < 4.78 is 45.5. The minimum Gasteiger partial charge on any atom is -0.381 e. The van der Waals surface area contributed by atoms with Crippen molar-refractivity contribution in [2.75, 3.05) is 26.3 Å². The Labute approximate surface area is 146 Å². The van der Waals surface area contributed by atoms with Crippen molar-refractivity contribution in [1.82, 2.24) is 20.4 Å². The monoisotopic (exact) mass is 363 g/mol. The first-order valence-electron chi connectivity index (χ1n) is 8.43. The molecule has 0 aliphatic rings. The summed E-state index contributed by atoms with van der Waals surface area (Å²) in [4.78, 5) is 4.22. The molecule has 0 radical (unpaired) electrons. The SMILES string of the molecule is CCNC(=NCc1cn(C)nc1C(F)(F)F)NCCCOCC(C)C. The molecule has 0 atom stereocenters. The van der Waals surface area contributed by atoms with Crippen LogP contribution in [0, 0.1) is 5.92 Å². The number of hydrogen-bond donors (Lipinski definition) is 2. The van der Waals surface area contributed by atoms with Gasteiger partial charge in [0.25, 0.3) is 0 Å². The molecule has 6 nitrogen and oxygen atoms in total. The van der Waals surface area contributed by atoms with Gasteiger partial charge in [-0.05, 0) is 19.3 Å². The van der Waals surface area contributed by atoms with Crippen molar-refractivity contribution in [2.24, 2.45) is 18.0 Å². The van der Waals surface area contributed by atoms with Crippen LogP contribution in [-0.4, -0.2) is 42.0 Å². The number of aromatic nitrogens is 2. The van der Waals surface area contributed by atoms with E-state index in [2.05, 4.69) is 34.6 Å². The number of alkyl halides is 3. The molecule has 0 unspecified atom stereocenters. The van der Waals surface area contributed by atoms with Crippen molar-refractivity contribution in [3.8, 4) is 0 Å². The number of ether oxygens (including phenoxy) is 1. The normalized spacial score (nSPS) is 12.7. The summed E-state index contributed by atoms with van der Waals surface area (Å²) in [7, 11) is 1.46. The first-order chi connectivity index (χ1) is 11.7. The summed E-state index contributed by atoms with van der Waals surface area (Å²) in [5, 5.41) is 9.59. The lowest BCUT2D eigenvalue weighted by Gasteiger charge is -2.12. The van der Waals surface area contributed by atoms with E-state index in [0.717, 1.165) is 17.7 Å². The van der Waals surface area contributed by atoms with Crippen molar-refractivity contribution in [1.29, 1.82) is 0 Å². The molecule has 0 aliphatic carbocycles. The maximum atomic E-state index is 12.9. The fourth-order valence-electron chi connectivity index (χ4n) is 2.10. The maximum Gasteiger partial charge on any atom is 0.435 e. The average Bonchev–Trinajstić information content (AvgIpc) is 2.89. The molecule has 25 heavy (non-hydrogen) atoms. The molecular formula is C16H28F3N5O. The second-order valence-electron chi connectivity index (χ2n) is 6.12. The summed E-state index contributed by atoms with van der Waals surface area (Å²) in [6.45, 7) is 8.57. The number of aryl methyl sites for hydroxylation is 1. The largest absolute Gasteiger partial charge is 0.435 e. The van der Waals surface area contributed by atoms with E-state index in [1.165, 1.54) is 13.2 Å². The zero-order valence-corrected chi connectivity index (χ0v) is 15.3. The predicted octanol–water partition coefficient (Wildman–Crippen LogP) is 2.56. The van der Waals surface area contributed by atoms with Gasteiger partial charge in [0.05, 0.1) is 6.54 Å². The molecule has 0 saturated carbocycles. The van der Waals surface area contributed by atoms with Gasteiger partial charge in [0, 0.05) is 45.1 Å². The highest BCUT2D eigenvalue weighted by molar-refractivity contribution is 5.79. The van der Waals surface area contributed by atoms with Crippen molar-refractivity contribution >= 4 is 5.96 Å². The van der Waals surface area contributed by atoms with Gasteiger partial charge in [-0.25, -0.2) is 4.99 Å². The highest BCUT2D eigenvalue weighted by Crippen LogP contribution is 2.30. The van der Waals surface area contributed by atoms with Crippen LogP contribution in [0.25, 0.3) is 0 Å². The van der Waals surface area contributed by atoms with Gasteiger partial charge >= 0.3 is 6.18 Å². The summed E-state index contributed by atoms with van der Waals surface area (Å²) in [6, 6.07) is 0. The van der Waals surface area contributed by atoms with Crippen LogP contribution in [0.4, 0.5) is 13.2 Å². The predicted molar refractivity (Wildman–Crippen MR) is 91.3 cm³/mol. The Hall–Kier alpha value is -1.77. The molecule has 2 N–H and O–H groups in total. The van der Waals surface area contributed by atoms with E-state index in [0.29, 0.717) is 31.6 Å². The second kappa shape index (κ2) is 10.3. The summed E-state index contributed by atoms with van der Waals surface area (Å²) >= 11 is 0. The summed E-state index contributed by atoms with van der Waals surface area (Å²) in [6.07, 6.45) is -2.35. The van der Waals surface area contributed by atoms with Crippen LogP contribution in [0.2, 0.25) is 0 Å². The third-order valence-electron chi connectivity index (χ3n) is 3.13. The zero-order chi connectivity index (χ0) is 18.9. The summed E-state index contributed by atoms with van der Waals surface area (Å²) in [5.41, 5.74) is -0.843. The molecule has 144 valence electrons. The highest BCUT2D eigenvalue weighted by Gasteiger charge is 2.36. The van der Waals surface area contributed by atoms with Crippen LogP contribution in [0.1, 0.15) is 38.4 Å². The fraction of sp³-hybridized carbons (Fsp3) is 0.750. The van der Waals surface area contributed by atoms with Crippen LogP contribution in [0.5, 0.6) is 0 Å². The number of rotatable bonds is 9. The zero-order valence-electron chi connectivity index (χ0n) is 15.3. The minimum absolute atomic E-state index is 0.0486. The highest BCUT2D eigenvalue weighted by atomic mass is 19.4. The van der Waals surface area contributed by atoms with Gasteiger partial charge in [-0.15, -0.1) is 0 Å².